The van der Waals surface area contributed by atoms with Crippen molar-refractivity contribution in [1.82, 2.24) is 14.7 Å². The van der Waals surface area contributed by atoms with E-state index in [1.807, 2.05) is 0 Å². The third-order valence-electron chi connectivity index (χ3n) is 3.40. The molecule has 8 heteroatoms. The van der Waals surface area contributed by atoms with E-state index in [4.69, 9.17) is 0 Å². The second-order valence-electron chi connectivity index (χ2n) is 5.07. The maximum atomic E-state index is 12.0. The first-order valence-corrected chi connectivity index (χ1v) is 6.87. The van der Waals surface area contributed by atoms with Crippen LogP contribution >= 0.6 is 0 Å². The Kier molecular flexibility index (Phi) is 5.22. The number of aromatic nitrogens is 2. The van der Waals surface area contributed by atoms with Crippen molar-refractivity contribution in [2.24, 2.45) is 0 Å². The summed E-state index contributed by atoms with van der Waals surface area (Å²) in [6, 6.07) is 1.75. The number of hydrogen-bond donors (Lipinski definition) is 0. The van der Waals surface area contributed by atoms with Crippen LogP contribution in [0.25, 0.3) is 0 Å². The average Bonchev–Trinajstić information content (AvgIpc) is 2.90. The fourth-order valence-corrected chi connectivity index (χ4v) is 2.48. The minimum Gasteiger partial charge on any atom is -0.362 e. The number of carbonyl (C=O) groups excluding carboxylic acids is 1. The number of amides is 1. The predicted molar refractivity (Wildman–Crippen MR) is 68.5 cm³/mol. The van der Waals surface area contributed by atoms with Gasteiger partial charge in [0.25, 0.3) is 0 Å². The van der Waals surface area contributed by atoms with Crippen LogP contribution in [0.1, 0.15) is 19.3 Å². The summed E-state index contributed by atoms with van der Waals surface area (Å²) in [6.45, 7) is -0.816. The van der Waals surface area contributed by atoms with Crippen LogP contribution in [-0.4, -0.2) is 52.6 Å². The molecular formula is C13H18F3N3O2. The molecule has 0 unspecified atom stereocenters. The molecule has 0 spiro atoms. The monoisotopic (exact) mass is 305 g/mol. The minimum absolute atomic E-state index is 0.0411. The number of halogens is 3. The van der Waals surface area contributed by atoms with Gasteiger partial charge >= 0.3 is 6.18 Å². The number of piperidine rings is 1. The second-order valence-corrected chi connectivity index (χ2v) is 5.07. The molecule has 1 atom stereocenters. The van der Waals surface area contributed by atoms with Crippen molar-refractivity contribution in [3.8, 4) is 0 Å². The van der Waals surface area contributed by atoms with Crippen molar-refractivity contribution in [3.63, 3.8) is 0 Å². The first kappa shape index (κ1) is 15.8. The zero-order valence-corrected chi connectivity index (χ0v) is 11.6. The van der Waals surface area contributed by atoms with Crippen LogP contribution in [0.2, 0.25) is 0 Å². The summed E-state index contributed by atoms with van der Waals surface area (Å²) in [5.74, 6) is -0.392. The van der Waals surface area contributed by atoms with Gasteiger partial charge in [-0.15, -0.1) is 0 Å². The molecule has 0 bridgehead atoms. The summed E-state index contributed by atoms with van der Waals surface area (Å²) in [4.78, 5) is 13.6. The predicted octanol–water partition coefficient (Wildman–Crippen LogP) is 1.84. The summed E-state index contributed by atoms with van der Waals surface area (Å²) < 4.78 is 42.2. The molecule has 1 saturated heterocycles. The van der Waals surface area contributed by atoms with Crippen LogP contribution in [-0.2, 0) is 16.1 Å². The van der Waals surface area contributed by atoms with Crippen molar-refractivity contribution >= 4 is 5.91 Å². The highest BCUT2D eigenvalue weighted by Crippen LogP contribution is 2.19. The van der Waals surface area contributed by atoms with Crippen molar-refractivity contribution < 1.29 is 22.7 Å². The van der Waals surface area contributed by atoms with E-state index < -0.39 is 25.3 Å². The van der Waals surface area contributed by atoms with Crippen molar-refractivity contribution in [2.45, 2.75) is 38.0 Å². The third kappa shape index (κ3) is 5.04. The number of carbonyl (C=O) groups is 1. The standard InChI is InChI=1S/C13H18F3N3O2/c14-13(15,16)10-21-9-12(20)19-7-2-1-4-11(19)8-18-6-3-5-17-18/h3,5-6,11H,1-2,4,7-10H2/t11-/m1/s1. The summed E-state index contributed by atoms with van der Waals surface area (Å²) in [7, 11) is 0. The summed E-state index contributed by atoms with van der Waals surface area (Å²) in [5, 5.41) is 4.10. The molecule has 0 aromatic carbocycles. The lowest BCUT2D eigenvalue weighted by atomic mass is 10.0. The van der Waals surface area contributed by atoms with Gasteiger partial charge in [-0.2, -0.15) is 18.3 Å². The van der Waals surface area contributed by atoms with E-state index in [-0.39, 0.29) is 6.04 Å². The lowest BCUT2D eigenvalue weighted by Crippen LogP contribution is -2.47. The lowest BCUT2D eigenvalue weighted by molar-refractivity contribution is -0.178. The van der Waals surface area contributed by atoms with Crippen molar-refractivity contribution in [2.75, 3.05) is 19.8 Å². The average molecular weight is 305 g/mol. The molecule has 5 nitrogen and oxygen atoms in total. The Balaban J connectivity index is 1.87. The molecule has 1 aliphatic heterocycles. The smallest absolute Gasteiger partial charge is 0.362 e. The Hall–Kier alpha value is -1.57. The van der Waals surface area contributed by atoms with Crippen LogP contribution < -0.4 is 0 Å². The van der Waals surface area contributed by atoms with Gasteiger partial charge in [0.15, 0.2) is 0 Å². The molecule has 1 amide bonds. The largest absolute Gasteiger partial charge is 0.411 e. The normalized spacial score (nSPS) is 19.8. The van der Waals surface area contributed by atoms with Gasteiger partial charge in [0.05, 0.1) is 12.6 Å². The third-order valence-corrected chi connectivity index (χ3v) is 3.40. The zero-order chi connectivity index (χ0) is 15.3. The van der Waals surface area contributed by atoms with Gasteiger partial charge in [-0.3, -0.25) is 9.48 Å². The van der Waals surface area contributed by atoms with Crippen LogP contribution in [0.5, 0.6) is 0 Å². The molecular weight excluding hydrogens is 287 g/mol. The number of ether oxygens (including phenoxy) is 1. The number of likely N-dealkylation sites (tertiary alicyclic amines) is 1. The van der Waals surface area contributed by atoms with Gasteiger partial charge in [-0.05, 0) is 25.3 Å². The zero-order valence-electron chi connectivity index (χ0n) is 11.6. The fraction of sp³-hybridized carbons (Fsp3) is 0.692. The molecule has 2 heterocycles. The molecule has 0 aliphatic carbocycles. The second kappa shape index (κ2) is 6.93. The van der Waals surface area contributed by atoms with Gasteiger partial charge in [0, 0.05) is 18.9 Å². The summed E-state index contributed by atoms with van der Waals surface area (Å²) in [5.41, 5.74) is 0. The molecule has 0 radical (unpaired) electrons. The maximum absolute atomic E-state index is 12.0. The van der Waals surface area contributed by atoms with Crippen molar-refractivity contribution in [3.05, 3.63) is 18.5 Å². The Labute approximate surface area is 120 Å². The molecule has 0 saturated carbocycles. The van der Waals surface area contributed by atoms with E-state index in [2.05, 4.69) is 9.84 Å². The topological polar surface area (TPSA) is 47.4 Å². The maximum Gasteiger partial charge on any atom is 0.411 e. The van der Waals surface area contributed by atoms with Gasteiger partial charge in [0.1, 0.15) is 13.2 Å². The molecule has 1 fully saturated rings. The SMILES string of the molecule is O=C(COCC(F)(F)F)N1CCCC[C@@H]1Cn1cccn1. The number of nitrogens with zero attached hydrogens (tertiary/aromatic N) is 3. The Morgan fingerprint density at radius 1 is 1.38 bits per heavy atom. The first-order valence-electron chi connectivity index (χ1n) is 6.87. The molecule has 2 rings (SSSR count). The van der Waals surface area contributed by atoms with E-state index in [1.54, 1.807) is 28.0 Å². The number of hydrogen-bond acceptors (Lipinski definition) is 3. The Bertz CT molecular complexity index is 448. The fourth-order valence-electron chi connectivity index (χ4n) is 2.48. The van der Waals surface area contributed by atoms with E-state index >= 15 is 0 Å². The molecule has 1 aliphatic rings. The van der Waals surface area contributed by atoms with E-state index in [0.717, 1.165) is 19.3 Å². The minimum atomic E-state index is -4.41. The first-order chi connectivity index (χ1) is 9.96. The highest BCUT2D eigenvalue weighted by atomic mass is 19.4. The lowest BCUT2D eigenvalue weighted by Gasteiger charge is -2.35. The number of rotatable bonds is 5. The van der Waals surface area contributed by atoms with Crippen LogP contribution in [0.15, 0.2) is 18.5 Å². The summed E-state index contributed by atoms with van der Waals surface area (Å²) >= 11 is 0. The highest BCUT2D eigenvalue weighted by Gasteiger charge is 2.30. The van der Waals surface area contributed by atoms with E-state index in [9.17, 15) is 18.0 Å². The van der Waals surface area contributed by atoms with Gasteiger partial charge in [0.2, 0.25) is 5.91 Å². The van der Waals surface area contributed by atoms with Gasteiger partial charge < -0.3 is 9.64 Å². The van der Waals surface area contributed by atoms with E-state index in [1.165, 1.54) is 0 Å². The van der Waals surface area contributed by atoms with Crippen LogP contribution in [0, 0.1) is 0 Å². The number of alkyl halides is 3. The molecule has 21 heavy (non-hydrogen) atoms. The van der Waals surface area contributed by atoms with Crippen LogP contribution in [0.4, 0.5) is 13.2 Å². The quantitative estimate of drug-likeness (QED) is 0.834. The van der Waals surface area contributed by atoms with Gasteiger partial charge in [-0.1, -0.05) is 0 Å². The van der Waals surface area contributed by atoms with E-state index in [0.29, 0.717) is 13.1 Å². The molecule has 1 aromatic heterocycles. The summed E-state index contributed by atoms with van der Waals surface area (Å²) in [6.07, 6.45) is 1.74. The Morgan fingerprint density at radius 2 is 2.19 bits per heavy atom. The molecule has 1 aromatic rings. The van der Waals surface area contributed by atoms with Crippen molar-refractivity contribution in [1.29, 1.82) is 0 Å². The molecule has 0 N–H and O–H groups in total. The Morgan fingerprint density at radius 3 is 2.86 bits per heavy atom. The highest BCUT2D eigenvalue weighted by molar-refractivity contribution is 5.77. The van der Waals surface area contributed by atoms with Crippen LogP contribution in [0.3, 0.4) is 0 Å². The molecule has 118 valence electrons. The van der Waals surface area contributed by atoms with Gasteiger partial charge in [-0.25, -0.2) is 0 Å².